The number of nitrogens with zero attached hydrogens (tertiary/aromatic N) is 1. The van der Waals surface area contributed by atoms with Crippen LogP contribution in [0.25, 0.3) is 0 Å². The third-order valence-electron chi connectivity index (χ3n) is 5.40. The summed E-state index contributed by atoms with van der Waals surface area (Å²) >= 11 is 0. The van der Waals surface area contributed by atoms with Crippen molar-refractivity contribution in [1.29, 1.82) is 0 Å². The Bertz CT molecular complexity index is 866. The highest BCUT2D eigenvalue weighted by Crippen LogP contribution is 2.33. The maximum atomic E-state index is 6.53. The van der Waals surface area contributed by atoms with Crippen molar-refractivity contribution in [3.05, 3.63) is 65.2 Å². The van der Waals surface area contributed by atoms with E-state index in [1.54, 1.807) is 6.21 Å². The van der Waals surface area contributed by atoms with Crippen LogP contribution >= 0.6 is 0 Å². The van der Waals surface area contributed by atoms with Crippen LogP contribution in [0.4, 0.5) is 0 Å². The molecule has 1 aliphatic rings. The van der Waals surface area contributed by atoms with Crippen molar-refractivity contribution < 1.29 is 19.0 Å². The second-order valence-electron chi connectivity index (χ2n) is 7.85. The van der Waals surface area contributed by atoms with Gasteiger partial charge < -0.3 is 19.0 Å². The van der Waals surface area contributed by atoms with Crippen LogP contribution in [-0.4, -0.2) is 32.1 Å². The SMILES string of the molecule is C/C=C/COc1cc(C)c(OC2CCCCC2Oc2ccc(/C=N\OC)cc2)c(C)c1.CC. The maximum absolute atomic E-state index is 6.53. The average molecular weight is 454 g/mol. The highest BCUT2D eigenvalue weighted by atomic mass is 16.6. The summed E-state index contributed by atoms with van der Waals surface area (Å²) in [5.41, 5.74) is 3.14. The third kappa shape index (κ3) is 8.16. The minimum absolute atomic E-state index is 0.0238. The fourth-order valence-electron chi connectivity index (χ4n) is 3.82. The summed E-state index contributed by atoms with van der Waals surface area (Å²) in [6.07, 6.45) is 9.98. The molecule has 1 fully saturated rings. The molecule has 0 N–H and O–H groups in total. The summed E-state index contributed by atoms with van der Waals surface area (Å²) in [4.78, 5) is 4.73. The molecule has 0 radical (unpaired) electrons. The molecular formula is C28H39NO4. The average Bonchev–Trinajstić information content (AvgIpc) is 2.83. The Kier molecular flexibility index (Phi) is 11.4. The standard InChI is InChI=1S/C26H33NO4.C2H6/c1-5-6-15-29-23-16-19(2)26(20(3)17-23)31-25-10-8-7-9-24(25)30-22-13-11-21(12-14-22)18-27-28-4;1-2/h5-6,11-14,16-18,24-25H,7-10,15H2,1-4H3;1-2H3/b6-5+,27-18-;. The van der Waals surface area contributed by atoms with E-state index in [1.807, 2.05) is 69.3 Å². The zero-order valence-electron chi connectivity index (χ0n) is 21.0. The van der Waals surface area contributed by atoms with E-state index in [1.165, 1.54) is 7.11 Å². The van der Waals surface area contributed by atoms with Gasteiger partial charge in [-0.2, -0.15) is 0 Å². The Morgan fingerprint density at radius 1 is 0.909 bits per heavy atom. The lowest BCUT2D eigenvalue weighted by Crippen LogP contribution is -2.39. The number of allylic oxidation sites excluding steroid dienone is 1. The molecule has 0 spiro atoms. The summed E-state index contributed by atoms with van der Waals surface area (Å²) in [6, 6.07) is 12.0. The van der Waals surface area contributed by atoms with Crippen LogP contribution in [0.15, 0.2) is 53.7 Å². The van der Waals surface area contributed by atoms with Gasteiger partial charge in [0.05, 0.1) is 6.21 Å². The molecule has 0 heterocycles. The van der Waals surface area contributed by atoms with Crippen molar-refractivity contribution in [2.75, 3.05) is 13.7 Å². The molecule has 33 heavy (non-hydrogen) atoms. The Morgan fingerprint density at radius 2 is 1.52 bits per heavy atom. The minimum atomic E-state index is 0.0238. The molecule has 3 rings (SSSR count). The quantitative estimate of drug-likeness (QED) is 0.232. The lowest BCUT2D eigenvalue weighted by molar-refractivity contribution is 0.0224. The van der Waals surface area contributed by atoms with Crippen LogP contribution in [0, 0.1) is 13.8 Å². The zero-order valence-corrected chi connectivity index (χ0v) is 21.0. The second kappa shape index (κ2) is 14.2. The molecule has 2 aromatic rings. The molecular weight excluding hydrogens is 414 g/mol. The molecule has 1 saturated carbocycles. The van der Waals surface area contributed by atoms with Crippen LogP contribution < -0.4 is 14.2 Å². The van der Waals surface area contributed by atoms with Crippen molar-refractivity contribution in [1.82, 2.24) is 0 Å². The monoisotopic (exact) mass is 453 g/mol. The van der Waals surface area contributed by atoms with E-state index in [0.29, 0.717) is 6.61 Å². The van der Waals surface area contributed by atoms with Crippen molar-refractivity contribution in [2.24, 2.45) is 5.16 Å². The number of hydrogen-bond donors (Lipinski definition) is 0. The Balaban J connectivity index is 0.00000187. The van der Waals surface area contributed by atoms with E-state index in [4.69, 9.17) is 19.0 Å². The largest absolute Gasteiger partial charge is 0.490 e. The lowest BCUT2D eigenvalue weighted by atomic mass is 9.94. The number of ether oxygens (including phenoxy) is 3. The van der Waals surface area contributed by atoms with E-state index < -0.39 is 0 Å². The summed E-state index contributed by atoms with van der Waals surface area (Å²) in [7, 11) is 1.53. The summed E-state index contributed by atoms with van der Waals surface area (Å²) < 4.78 is 18.7. The molecule has 0 aromatic heterocycles. The number of oxime groups is 1. The first-order valence-corrected chi connectivity index (χ1v) is 12.0. The molecule has 2 atom stereocenters. The molecule has 2 unspecified atom stereocenters. The third-order valence-corrected chi connectivity index (χ3v) is 5.40. The van der Waals surface area contributed by atoms with Crippen molar-refractivity contribution in [3.63, 3.8) is 0 Å². The Labute approximate surface area is 199 Å². The Hall–Kier alpha value is -2.95. The van der Waals surface area contributed by atoms with Crippen LogP contribution in [0.2, 0.25) is 0 Å². The second-order valence-corrected chi connectivity index (χ2v) is 7.85. The van der Waals surface area contributed by atoms with Crippen molar-refractivity contribution >= 4 is 6.21 Å². The summed E-state index contributed by atoms with van der Waals surface area (Å²) in [6.45, 7) is 10.7. The molecule has 5 heteroatoms. The van der Waals surface area contributed by atoms with E-state index >= 15 is 0 Å². The van der Waals surface area contributed by atoms with Gasteiger partial charge in [-0.15, -0.1) is 0 Å². The predicted octanol–water partition coefficient (Wildman–Crippen LogP) is 7.03. The normalized spacial score (nSPS) is 18.0. The van der Waals surface area contributed by atoms with Crippen LogP contribution in [0.5, 0.6) is 17.2 Å². The van der Waals surface area contributed by atoms with Crippen molar-refractivity contribution in [3.8, 4) is 17.2 Å². The van der Waals surface area contributed by atoms with E-state index in [0.717, 1.165) is 59.6 Å². The fourth-order valence-corrected chi connectivity index (χ4v) is 3.82. The topological polar surface area (TPSA) is 49.3 Å². The molecule has 180 valence electrons. The first-order valence-electron chi connectivity index (χ1n) is 12.0. The molecule has 0 amide bonds. The first kappa shape index (κ1) is 26.3. The molecule has 1 aliphatic carbocycles. The number of hydrogen-bond acceptors (Lipinski definition) is 5. The maximum Gasteiger partial charge on any atom is 0.135 e. The fraction of sp³-hybridized carbons (Fsp3) is 0.464. The van der Waals surface area contributed by atoms with E-state index in [2.05, 4.69) is 19.0 Å². The lowest BCUT2D eigenvalue weighted by Gasteiger charge is -2.33. The zero-order chi connectivity index (χ0) is 24.1. The van der Waals surface area contributed by atoms with Gasteiger partial charge in [-0.25, -0.2) is 0 Å². The molecule has 0 bridgehead atoms. The van der Waals surface area contributed by atoms with Crippen LogP contribution in [-0.2, 0) is 4.84 Å². The molecule has 0 aliphatic heterocycles. The van der Waals surface area contributed by atoms with Crippen molar-refractivity contribution in [2.45, 2.75) is 72.5 Å². The highest BCUT2D eigenvalue weighted by molar-refractivity contribution is 5.79. The van der Waals surface area contributed by atoms with Gasteiger partial charge in [-0.3, -0.25) is 0 Å². The predicted molar refractivity (Wildman–Crippen MR) is 136 cm³/mol. The first-order chi connectivity index (χ1) is 16.1. The van der Waals surface area contributed by atoms with Crippen LogP contribution in [0.1, 0.15) is 63.1 Å². The van der Waals surface area contributed by atoms with Gasteiger partial charge in [0.1, 0.15) is 43.2 Å². The summed E-state index contributed by atoms with van der Waals surface area (Å²) in [5.74, 6) is 2.65. The van der Waals surface area contributed by atoms with Gasteiger partial charge in [0.15, 0.2) is 0 Å². The van der Waals surface area contributed by atoms with Gasteiger partial charge in [0.2, 0.25) is 0 Å². The molecule has 2 aromatic carbocycles. The number of rotatable bonds is 9. The minimum Gasteiger partial charge on any atom is -0.490 e. The van der Waals surface area contributed by atoms with Gasteiger partial charge in [-0.05, 0) is 99.5 Å². The van der Waals surface area contributed by atoms with Gasteiger partial charge in [0.25, 0.3) is 0 Å². The Morgan fingerprint density at radius 3 is 2.09 bits per heavy atom. The van der Waals surface area contributed by atoms with Gasteiger partial charge in [0, 0.05) is 0 Å². The summed E-state index contributed by atoms with van der Waals surface area (Å²) in [5, 5.41) is 3.79. The smallest absolute Gasteiger partial charge is 0.135 e. The molecule has 0 saturated heterocycles. The number of aryl methyl sites for hydroxylation is 2. The van der Waals surface area contributed by atoms with Gasteiger partial charge in [-0.1, -0.05) is 31.2 Å². The number of benzene rings is 2. The van der Waals surface area contributed by atoms with Gasteiger partial charge >= 0.3 is 0 Å². The highest BCUT2D eigenvalue weighted by Gasteiger charge is 2.29. The van der Waals surface area contributed by atoms with Crippen LogP contribution in [0.3, 0.4) is 0 Å². The van der Waals surface area contributed by atoms with E-state index in [-0.39, 0.29) is 12.2 Å². The van der Waals surface area contributed by atoms with E-state index in [9.17, 15) is 0 Å². The molecule has 5 nitrogen and oxygen atoms in total.